The topological polar surface area (TPSA) is 38.0 Å². The number of aliphatic hydroxyl groups is 1. The van der Waals surface area contributed by atoms with Crippen LogP contribution in [0.15, 0.2) is 28.2 Å². The third-order valence-electron chi connectivity index (χ3n) is 2.52. The van der Waals surface area contributed by atoms with Gasteiger partial charge >= 0.3 is 0 Å². The van der Waals surface area contributed by atoms with Crippen LogP contribution in [0.3, 0.4) is 0 Å². The minimum Gasteiger partial charge on any atom is -0.388 e. The average Bonchev–Trinajstić information content (AvgIpc) is 2.84. The number of thiophene rings is 1. The molecule has 2 rings (SSSR count). The summed E-state index contributed by atoms with van der Waals surface area (Å²) in [5.74, 6) is 0. The van der Waals surface area contributed by atoms with Gasteiger partial charge in [0.2, 0.25) is 0 Å². The summed E-state index contributed by atoms with van der Waals surface area (Å²) in [5.41, 5.74) is 1.15. The van der Waals surface area contributed by atoms with Crippen LogP contribution < -0.4 is 0 Å². The van der Waals surface area contributed by atoms with Gasteiger partial charge in [-0.2, -0.15) is 5.10 Å². The fourth-order valence-corrected chi connectivity index (χ4v) is 3.02. The SMILES string of the molecule is Cn1nccc1CCC(O)c1ccc(Br)s1. The molecule has 1 N–H and O–H groups in total. The Morgan fingerprint density at radius 1 is 1.50 bits per heavy atom. The molecule has 2 heterocycles. The zero-order chi connectivity index (χ0) is 11.5. The van der Waals surface area contributed by atoms with Crippen LogP contribution in [0.2, 0.25) is 0 Å². The van der Waals surface area contributed by atoms with E-state index in [1.54, 1.807) is 17.5 Å². The molecule has 1 atom stereocenters. The summed E-state index contributed by atoms with van der Waals surface area (Å²) in [4.78, 5) is 1.01. The Morgan fingerprint density at radius 3 is 2.88 bits per heavy atom. The summed E-state index contributed by atoms with van der Waals surface area (Å²) < 4.78 is 2.90. The highest BCUT2D eigenvalue weighted by molar-refractivity contribution is 9.11. The van der Waals surface area contributed by atoms with Crippen LogP contribution in [0.4, 0.5) is 0 Å². The molecule has 0 spiro atoms. The van der Waals surface area contributed by atoms with Gasteiger partial charge in [0.25, 0.3) is 0 Å². The molecule has 0 aromatic carbocycles. The van der Waals surface area contributed by atoms with Gasteiger partial charge in [0.15, 0.2) is 0 Å². The Morgan fingerprint density at radius 2 is 2.31 bits per heavy atom. The van der Waals surface area contributed by atoms with Crippen molar-refractivity contribution in [2.75, 3.05) is 0 Å². The second kappa shape index (κ2) is 5.12. The highest BCUT2D eigenvalue weighted by atomic mass is 79.9. The van der Waals surface area contributed by atoms with Crippen molar-refractivity contribution in [1.82, 2.24) is 9.78 Å². The number of halogens is 1. The molecule has 2 aromatic heterocycles. The number of aryl methyl sites for hydroxylation is 2. The predicted molar refractivity (Wildman–Crippen MR) is 68.5 cm³/mol. The van der Waals surface area contributed by atoms with Crippen LogP contribution in [0.25, 0.3) is 0 Å². The van der Waals surface area contributed by atoms with Gasteiger partial charge in [-0.05, 0) is 47.0 Å². The van der Waals surface area contributed by atoms with E-state index in [2.05, 4.69) is 21.0 Å². The summed E-state index contributed by atoms with van der Waals surface area (Å²) in [5, 5.41) is 14.1. The first-order valence-corrected chi connectivity index (χ1v) is 6.68. The first-order valence-electron chi connectivity index (χ1n) is 5.07. The lowest BCUT2D eigenvalue weighted by Gasteiger charge is -2.08. The molecule has 3 nitrogen and oxygen atoms in total. The van der Waals surface area contributed by atoms with Crippen LogP contribution >= 0.6 is 27.3 Å². The first kappa shape index (κ1) is 11.8. The summed E-state index contributed by atoms with van der Waals surface area (Å²) in [6.45, 7) is 0. The Labute approximate surface area is 107 Å². The van der Waals surface area contributed by atoms with Gasteiger partial charge in [0.1, 0.15) is 0 Å². The molecule has 0 radical (unpaired) electrons. The number of hydrogen-bond acceptors (Lipinski definition) is 3. The third-order valence-corrected chi connectivity index (χ3v) is 4.24. The van der Waals surface area contributed by atoms with E-state index in [4.69, 9.17) is 0 Å². The van der Waals surface area contributed by atoms with Crippen molar-refractivity contribution in [3.8, 4) is 0 Å². The lowest BCUT2D eigenvalue weighted by Crippen LogP contribution is -2.02. The van der Waals surface area contributed by atoms with Crippen molar-refractivity contribution in [3.05, 3.63) is 38.8 Å². The summed E-state index contributed by atoms with van der Waals surface area (Å²) in [6.07, 6.45) is 2.97. The van der Waals surface area contributed by atoms with Crippen molar-refractivity contribution in [3.63, 3.8) is 0 Å². The van der Waals surface area contributed by atoms with Gasteiger partial charge in [-0.3, -0.25) is 4.68 Å². The minimum atomic E-state index is -0.383. The van der Waals surface area contributed by atoms with Gasteiger partial charge in [0, 0.05) is 23.8 Å². The van der Waals surface area contributed by atoms with Crippen LogP contribution in [0.5, 0.6) is 0 Å². The van der Waals surface area contributed by atoms with E-state index in [1.165, 1.54) is 0 Å². The molecule has 5 heteroatoms. The van der Waals surface area contributed by atoms with Crippen molar-refractivity contribution in [2.24, 2.45) is 7.05 Å². The maximum absolute atomic E-state index is 9.98. The number of hydrogen-bond donors (Lipinski definition) is 1. The van der Waals surface area contributed by atoms with E-state index in [0.717, 1.165) is 27.2 Å². The molecular weight excluding hydrogens is 288 g/mol. The number of nitrogens with zero attached hydrogens (tertiary/aromatic N) is 2. The van der Waals surface area contributed by atoms with Crippen LogP contribution in [0.1, 0.15) is 23.1 Å². The van der Waals surface area contributed by atoms with Gasteiger partial charge in [-0.25, -0.2) is 0 Å². The van der Waals surface area contributed by atoms with Crippen LogP contribution in [-0.2, 0) is 13.5 Å². The van der Waals surface area contributed by atoms with Crippen molar-refractivity contribution in [2.45, 2.75) is 18.9 Å². The molecule has 0 aliphatic heterocycles. The van der Waals surface area contributed by atoms with E-state index in [0.29, 0.717) is 0 Å². The van der Waals surface area contributed by atoms with Gasteiger partial charge in [-0.1, -0.05) is 0 Å². The molecule has 86 valence electrons. The van der Waals surface area contributed by atoms with Crippen LogP contribution in [0, 0.1) is 0 Å². The maximum Gasteiger partial charge on any atom is 0.0886 e. The quantitative estimate of drug-likeness (QED) is 0.943. The number of rotatable bonds is 4. The number of aliphatic hydroxyl groups excluding tert-OH is 1. The second-order valence-corrected chi connectivity index (χ2v) is 6.14. The highest BCUT2D eigenvalue weighted by Crippen LogP contribution is 2.29. The zero-order valence-corrected chi connectivity index (χ0v) is 11.3. The first-order chi connectivity index (χ1) is 7.66. The van der Waals surface area contributed by atoms with Crippen molar-refractivity contribution >= 4 is 27.3 Å². The summed E-state index contributed by atoms with van der Waals surface area (Å²) >= 11 is 4.98. The molecule has 0 saturated carbocycles. The summed E-state index contributed by atoms with van der Waals surface area (Å²) in [6, 6.07) is 5.91. The largest absolute Gasteiger partial charge is 0.388 e. The summed E-state index contributed by atoms with van der Waals surface area (Å²) in [7, 11) is 1.92. The lowest BCUT2D eigenvalue weighted by atomic mass is 10.1. The molecule has 0 fully saturated rings. The van der Waals surface area contributed by atoms with E-state index < -0.39 is 0 Å². The van der Waals surface area contributed by atoms with Crippen LogP contribution in [-0.4, -0.2) is 14.9 Å². The molecule has 0 saturated heterocycles. The van der Waals surface area contributed by atoms with E-state index in [1.807, 2.05) is 29.9 Å². The second-order valence-electron chi connectivity index (χ2n) is 3.64. The molecule has 0 bridgehead atoms. The highest BCUT2D eigenvalue weighted by Gasteiger charge is 2.11. The van der Waals surface area contributed by atoms with Crippen molar-refractivity contribution in [1.29, 1.82) is 0 Å². The Hall–Kier alpha value is -0.650. The molecule has 0 aliphatic carbocycles. The molecule has 0 aliphatic rings. The Bertz CT molecular complexity index is 466. The lowest BCUT2D eigenvalue weighted by molar-refractivity contribution is 0.171. The molecule has 1 unspecified atom stereocenters. The van der Waals surface area contributed by atoms with E-state index >= 15 is 0 Å². The molecule has 16 heavy (non-hydrogen) atoms. The minimum absolute atomic E-state index is 0.383. The van der Waals surface area contributed by atoms with Gasteiger partial charge < -0.3 is 5.11 Å². The van der Waals surface area contributed by atoms with E-state index in [9.17, 15) is 5.11 Å². The smallest absolute Gasteiger partial charge is 0.0886 e. The van der Waals surface area contributed by atoms with E-state index in [-0.39, 0.29) is 6.10 Å². The maximum atomic E-state index is 9.98. The standard InChI is InChI=1S/C11H13BrN2OS/c1-14-8(6-7-13-14)2-3-9(15)10-4-5-11(12)16-10/h4-7,9,15H,2-3H2,1H3. The zero-order valence-electron chi connectivity index (χ0n) is 8.93. The normalized spacial score (nSPS) is 12.9. The van der Waals surface area contributed by atoms with Crippen molar-refractivity contribution < 1.29 is 5.11 Å². The molecule has 0 amide bonds. The number of aromatic nitrogens is 2. The van der Waals surface area contributed by atoms with Gasteiger partial charge in [-0.15, -0.1) is 11.3 Å². The average molecular weight is 301 g/mol. The molecular formula is C11H13BrN2OS. The predicted octanol–water partition coefficient (Wildman–Crippen LogP) is 2.91. The molecule has 2 aromatic rings. The monoisotopic (exact) mass is 300 g/mol. The fraction of sp³-hybridized carbons (Fsp3) is 0.364. The Kier molecular flexibility index (Phi) is 3.78. The Balaban J connectivity index is 1.93. The van der Waals surface area contributed by atoms with Gasteiger partial charge in [0.05, 0.1) is 9.89 Å². The third kappa shape index (κ3) is 2.72. The fourth-order valence-electron chi connectivity index (χ4n) is 1.58.